The molecule has 0 rings (SSSR count). The van der Waals surface area contributed by atoms with E-state index < -0.39 is 0 Å². The van der Waals surface area contributed by atoms with Gasteiger partial charge in [-0.2, -0.15) is 0 Å². The van der Waals surface area contributed by atoms with E-state index in [0.717, 1.165) is 18.8 Å². The van der Waals surface area contributed by atoms with Crippen molar-refractivity contribution in [2.45, 2.75) is 52.6 Å². The third-order valence-corrected chi connectivity index (χ3v) is 1.83. The summed E-state index contributed by atoms with van der Waals surface area (Å²) in [4.78, 5) is 0. The van der Waals surface area contributed by atoms with E-state index in [4.69, 9.17) is 5.11 Å². The Labute approximate surface area is 76.5 Å². The van der Waals surface area contributed by atoms with Gasteiger partial charge in [0, 0.05) is 0 Å². The average Bonchev–Trinajstić information content (AvgIpc) is 1.95. The van der Waals surface area contributed by atoms with Gasteiger partial charge in [-0.1, -0.05) is 26.0 Å². The van der Waals surface area contributed by atoms with Gasteiger partial charge in [-0.3, -0.25) is 0 Å². The molecule has 0 amide bonds. The lowest BCUT2D eigenvalue weighted by molar-refractivity contribution is 0.186. The van der Waals surface area contributed by atoms with E-state index in [-0.39, 0.29) is 6.10 Å². The van der Waals surface area contributed by atoms with Gasteiger partial charge >= 0.3 is 0 Å². The summed E-state index contributed by atoms with van der Waals surface area (Å²) in [5, 5.41) is 8.96. The molecule has 0 aliphatic carbocycles. The van der Waals surface area contributed by atoms with Crippen LogP contribution in [0.4, 0.5) is 0 Å². The van der Waals surface area contributed by atoms with Crippen molar-refractivity contribution in [2.24, 2.45) is 5.92 Å². The second-order valence-corrected chi connectivity index (χ2v) is 3.87. The molecule has 0 aromatic carbocycles. The van der Waals surface area contributed by atoms with Crippen molar-refractivity contribution in [2.75, 3.05) is 0 Å². The second-order valence-electron chi connectivity index (χ2n) is 3.87. The van der Waals surface area contributed by atoms with Gasteiger partial charge in [-0.15, -0.1) is 0 Å². The van der Waals surface area contributed by atoms with E-state index >= 15 is 0 Å². The van der Waals surface area contributed by atoms with E-state index in [1.165, 1.54) is 12.8 Å². The minimum atomic E-state index is -0.153. The SMILES string of the molecule is CC(C)CC/C=C/CCC(C)O. The van der Waals surface area contributed by atoms with Gasteiger partial charge in [0.05, 0.1) is 6.10 Å². The molecule has 12 heavy (non-hydrogen) atoms. The van der Waals surface area contributed by atoms with Crippen molar-refractivity contribution in [1.82, 2.24) is 0 Å². The summed E-state index contributed by atoms with van der Waals surface area (Å²) in [7, 11) is 0. The summed E-state index contributed by atoms with van der Waals surface area (Å²) in [6.07, 6.45) is 8.59. The highest BCUT2D eigenvalue weighted by molar-refractivity contribution is 4.82. The molecule has 0 aromatic rings. The first-order chi connectivity index (χ1) is 5.63. The number of hydrogen-bond acceptors (Lipinski definition) is 1. The minimum absolute atomic E-state index is 0.153. The van der Waals surface area contributed by atoms with Gasteiger partial charge < -0.3 is 5.11 Å². The molecule has 0 aliphatic rings. The maximum atomic E-state index is 8.96. The zero-order valence-electron chi connectivity index (χ0n) is 8.59. The zero-order valence-corrected chi connectivity index (χ0v) is 8.59. The molecule has 1 atom stereocenters. The van der Waals surface area contributed by atoms with Crippen molar-refractivity contribution in [3.05, 3.63) is 12.2 Å². The molecule has 0 saturated carbocycles. The first kappa shape index (κ1) is 11.7. The molecule has 0 bridgehead atoms. The smallest absolute Gasteiger partial charge is 0.0515 e. The van der Waals surface area contributed by atoms with Gasteiger partial charge in [0.15, 0.2) is 0 Å². The molecule has 1 nitrogen and oxygen atoms in total. The molecule has 0 aliphatic heterocycles. The number of aliphatic hydroxyl groups excluding tert-OH is 1. The summed E-state index contributed by atoms with van der Waals surface area (Å²) < 4.78 is 0. The number of allylic oxidation sites excluding steroid dienone is 2. The third-order valence-electron chi connectivity index (χ3n) is 1.83. The van der Waals surface area contributed by atoms with Crippen LogP contribution in [0, 0.1) is 5.92 Å². The fraction of sp³-hybridized carbons (Fsp3) is 0.818. The van der Waals surface area contributed by atoms with E-state index in [0.29, 0.717) is 0 Å². The van der Waals surface area contributed by atoms with Crippen LogP contribution in [0.5, 0.6) is 0 Å². The van der Waals surface area contributed by atoms with Crippen LogP contribution in [0.25, 0.3) is 0 Å². The Morgan fingerprint density at radius 1 is 1.00 bits per heavy atom. The summed E-state index contributed by atoms with van der Waals surface area (Å²) in [5.41, 5.74) is 0. The largest absolute Gasteiger partial charge is 0.393 e. The monoisotopic (exact) mass is 170 g/mol. The fourth-order valence-corrected chi connectivity index (χ4v) is 1.00. The molecule has 0 heterocycles. The average molecular weight is 170 g/mol. The minimum Gasteiger partial charge on any atom is -0.393 e. The van der Waals surface area contributed by atoms with Crippen molar-refractivity contribution in [3.8, 4) is 0 Å². The van der Waals surface area contributed by atoms with Crippen molar-refractivity contribution < 1.29 is 5.11 Å². The summed E-state index contributed by atoms with van der Waals surface area (Å²) >= 11 is 0. The highest BCUT2D eigenvalue weighted by Gasteiger charge is 1.92. The van der Waals surface area contributed by atoms with Crippen LogP contribution in [0.2, 0.25) is 0 Å². The van der Waals surface area contributed by atoms with E-state index in [2.05, 4.69) is 26.0 Å². The van der Waals surface area contributed by atoms with Crippen molar-refractivity contribution in [3.63, 3.8) is 0 Å². The number of aliphatic hydroxyl groups is 1. The van der Waals surface area contributed by atoms with E-state index in [1.54, 1.807) is 0 Å². The Balaban J connectivity index is 3.15. The standard InChI is InChI=1S/C11H22O/c1-10(2)8-6-4-5-7-9-11(3)12/h4-5,10-12H,6-9H2,1-3H3/b5-4+. The van der Waals surface area contributed by atoms with Crippen LogP contribution >= 0.6 is 0 Å². The predicted molar refractivity (Wildman–Crippen MR) is 54.1 cm³/mol. The zero-order chi connectivity index (χ0) is 9.40. The lowest BCUT2D eigenvalue weighted by Crippen LogP contribution is -1.96. The number of rotatable bonds is 6. The highest BCUT2D eigenvalue weighted by atomic mass is 16.3. The lowest BCUT2D eigenvalue weighted by Gasteiger charge is -2.00. The summed E-state index contributed by atoms with van der Waals surface area (Å²) in [6, 6.07) is 0. The Morgan fingerprint density at radius 2 is 1.50 bits per heavy atom. The Morgan fingerprint density at radius 3 is 1.92 bits per heavy atom. The highest BCUT2D eigenvalue weighted by Crippen LogP contribution is 2.05. The van der Waals surface area contributed by atoms with Crippen LogP contribution in [-0.4, -0.2) is 11.2 Å². The Hall–Kier alpha value is -0.300. The molecule has 72 valence electrons. The van der Waals surface area contributed by atoms with Gasteiger partial charge in [0.25, 0.3) is 0 Å². The van der Waals surface area contributed by atoms with Gasteiger partial charge in [-0.25, -0.2) is 0 Å². The molecule has 1 unspecified atom stereocenters. The van der Waals surface area contributed by atoms with E-state index in [1.807, 2.05) is 6.92 Å². The predicted octanol–water partition coefficient (Wildman–Crippen LogP) is 3.14. The van der Waals surface area contributed by atoms with Gasteiger partial charge in [0.1, 0.15) is 0 Å². The molecule has 0 fully saturated rings. The molecule has 0 saturated heterocycles. The second kappa shape index (κ2) is 7.35. The van der Waals surface area contributed by atoms with Crippen molar-refractivity contribution in [1.29, 1.82) is 0 Å². The third kappa shape index (κ3) is 9.70. The topological polar surface area (TPSA) is 20.2 Å². The first-order valence-corrected chi connectivity index (χ1v) is 4.96. The lowest BCUT2D eigenvalue weighted by atomic mass is 10.1. The van der Waals surface area contributed by atoms with Gasteiger partial charge in [-0.05, 0) is 38.5 Å². The maximum absolute atomic E-state index is 8.96. The summed E-state index contributed by atoms with van der Waals surface area (Å²) in [6.45, 7) is 6.31. The van der Waals surface area contributed by atoms with Gasteiger partial charge in [0.2, 0.25) is 0 Å². The summed E-state index contributed by atoms with van der Waals surface area (Å²) in [5.74, 6) is 0.798. The maximum Gasteiger partial charge on any atom is 0.0515 e. The molecule has 0 aromatic heterocycles. The van der Waals surface area contributed by atoms with Crippen LogP contribution in [-0.2, 0) is 0 Å². The molecule has 0 spiro atoms. The Bertz CT molecular complexity index is 100. The molecule has 0 radical (unpaired) electrons. The van der Waals surface area contributed by atoms with Crippen molar-refractivity contribution >= 4 is 0 Å². The molecule has 1 N–H and O–H groups in total. The molecular weight excluding hydrogens is 148 g/mol. The fourth-order valence-electron chi connectivity index (χ4n) is 1.00. The van der Waals surface area contributed by atoms with Crippen LogP contribution in [0.1, 0.15) is 46.5 Å². The van der Waals surface area contributed by atoms with Crippen LogP contribution < -0.4 is 0 Å². The molecule has 1 heteroatoms. The molecular formula is C11H22O. The quantitative estimate of drug-likeness (QED) is 0.607. The normalized spacial score (nSPS) is 14.4. The van der Waals surface area contributed by atoms with E-state index in [9.17, 15) is 0 Å². The van der Waals surface area contributed by atoms with Crippen LogP contribution in [0.3, 0.4) is 0 Å². The first-order valence-electron chi connectivity index (χ1n) is 4.96. The Kier molecular flexibility index (Phi) is 7.17. The number of hydrogen-bond donors (Lipinski definition) is 1. The van der Waals surface area contributed by atoms with Crippen LogP contribution in [0.15, 0.2) is 12.2 Å².